The zero-order valence-electron chi connectivity index (χ0n) is 28.1. The van der Waals surface area contributed by atoms with Gasteiger partial charge in [0.15, 0.2) is 5.72 Å². The van der Waals surface area contributed by atoms with Gasteiger partial charge in [0.05, 0.1) is 17.5 Å². The Morgan fingerprint density at radius 2 is 1.55 bits per heavy atom. The van der Waals surface area contributed by atoms with Crippen molar-refractivity contribution < 1.29 is 54.9 Å². The number of carbonyl (C=O) groups excluding carboxylic acids is 1. The highest BCUT2D eigenvalue weighted by molar-refractivity contribution is 5.82. The maximum Gasteiger partial charge on any atom is 0.419 e. The zero-order valence-corrected chi connectivity index (χ0v) is 28.1. The van der Waals surface area contributed by atoms with E-state index in [1.165, 1.54) is 19.9 Å². The molecule has 2 atom stereocenters. The Labute approximate surface area is 287 Å². The smallest absolute Gasteiger partial charge is 0.419 e. The van der Waals surface area contributed by atoms with Crippen LogP contribution in [0.2, 0.25) is 0 Å². The minimum Gasteiger partial charge on any atom is -0.481 e. The minimum atomic E-state index is -5.42. The fourth-order valence-electron chi connectivity index (χ4n) is 6.23. The van der Waals surface area contributed by atoms with Crippen molar-refractivity contribution in [2.45, 2.75) is 77.5 Å². The summed E-state index contributed by atoms with van der Waals surface area (Å²) in [6.07, 6.45) is -10.7. The number of hydrogen-bond acceptors (Lipinski definition) is 5. The molecule has 1 aromatic heterocycles. The second-order valence-electron chi connectivity index (χ2n) is 13.2. The molecule has 1 fully saturated rings. The number of aliphatic carboxylic acids is 1. The molecule has 0 aliphatic carbocycles. The number of alkyl halides is 6. The molecular formula is C35H37F8N3O5. The number of nitrogens with zero attached hydrogens (tertiary/aromatic N) is 2. The summed E-state index contributed by atoms with van der Waals surface area (Å²) < 4.78 is 116. The number of aryl methyl sites for hydroxylation is 1. The number of halogens is 8. The third kappa shape index (κ3) is 8.78. The van der Waals surface area contributed by atoms with Gasteiger partial charge in [0.25, 0.3) is 5.56 Å². The predicted molar refractivity (Wildman–Crippen MR) is 170 cm³/mol. The van der Waals surface area contributed by atoms with Gasteiger partial charge in [0, 0.05) is 24.4 Å². The molecule has 278 valence electrons. The van der Waals surface area contributed by atoms with E-state index in [-0.39, 0.29) is 41.6 Å². The molecule has 1 saturated heterocycles. The van der Waals surface area contributed by atoms with Crippen molar-refractivity contribution >= 4 is 11.9 Å². The molecule has 0 spiro atoms. The molecule has 16 heteroatoms. The first kappa shape index (κ1) is 39.5. The fourth-order valence-corrected chi connectivity index (χ4v) is 6.23. The van der Waals surface area contributed by atoms with Gasteiger partial charge >= 0.3 is 18.3 Å². The van der Waals surface area contributed by atoms with Crippen LogP contribution in [0.3, 0.4) is 0 Å². The van der Waals surface area contributed by atoms with Gasteiger partial charge in [-0.2, -0.15) is 26.3 Å². The van der Waals surface area contributed by atoms with Gasteiger partial charge in [-0.05, 0) is 98.1 Å². The highest BCUT2D eigenvalue weighted by Crippen LogP contribution is 2.41. The summed E-state index contributed by atoms with van der Waals surface area (Å²) in [6.45, 7) is 7.39. The van der Waals surface area contributed by atoms with Gasteiger partial charge in [-0.15, -0.1) is 0 Å². The zero-order chi connectivity index (χ0) is 38.2. The van der Waals surface area contributed by atoms with Crippen LogP contribution in [-0.2, 0) is 34.1 Å². The van der Waals surface area contributed by atoms with E-state index in [1.54, 1.807) is 13.8 Å². The first-order chi connectivity index (χ1) is 23.5. The van der Waals surface area contributed by atoms with E-state index in [9.17, 15) is 55.3 Å². The van der Waals surface area contributed by atoms with Crippen LogP contribution in [0.25, 0.3) is 11.1 Å². The van der Waals surface area contributed by atoms with Crippen molar-refractivity contribution in [3.8, 4) is 11.1 Å². The molecule has 2 unspecified atom stereocenters. The second kappa shape index (κ2) is 14.7. The largest absolute Gasteiger partial charge is 0.481 e. The molecule has 1 amide bonds. The lowest BCUT2D eigenvalue weighted by Gasteiger charge is -2.33. The summed E-state index contributed by atoms with van der Waals surface area (Å²) >= 11 is 0. The van der Waals surface area contributed by atoms with Crippen molar-refractivity contribution in [1.29, 1.82) is 0 Å². The number of hydrogen-bond donors (Lipinski definition) is 3. The summed E-state index contributed by atoms with van der Waals surface area (Å²) in [4.78, 5) is 41.0. The summed E-state index contributed by atoms with van der Waals surface area (Å²) in [6, 6.07) is 1.91. The Hall–Kier alpha value is -4.31. The van der Waals surface area contributed by atoms with Crippen LogP contribution >= 0.6 is 0 Å². The van der Waals surface area contributed by atoms with Gasteiger partial charge in [0.2, 0.25) is 5.91 Å². The molecule has 1 aliphatic heterocycles. The standard InChI is InChI=1S/C35H37F8N3O5/c1-18(2)12-27(46-17-21(8-11-45-9-5-10-45)23(15-28(46)47)34(38,39)40)32(50)44-33(51,16-29(48)49)24-13-22(14-25(31(24)37)35(41,42)43)30-19(3)6-7-26(36)20(30)4/h6-7,13-15,17-18,27,51H,5,8-12,16H2,1-4H3,(H,44,50)(H,48,49). The summed E-state index contributed by atoms with van der Waals surface area (Å²) in [5.74, 6) is -6.70. The van der Waals surface area contributed by atoms with E-state index in [1.807, 2.05) is 10.2 Å². The monoisotopic (exact) mass is 731 g/mol. The van der Waals surface area contributed by atoms with Gasteiger partial charge in [-0.25, -0.2) is 8.78 Å². The number of nitrogens with one attached hydrogen (secondary N) is 1. The average molecular weight is 732 g/mol. The van der Waals surface area contributed by atoms with Crippen LogP contribution in [0.4, 0.5) is 35.1 Å². The Kier molecular flexibility index (Phi) is 11.4. The first-order valence-corrected chi connectivity index (χ1v) is 16.0. The Bertz CT molecular complexity index is 1870. The van der Waals surface area contributed by atoms with Crippen LogP contribution in [0.15, 0.2) is 41.3 Å². The lowest BCUT2D eigenvalue weighted by atomic mass is 9.88. The highest BCUT2D eigenvalue weighted by atomic mass is 19.4. The van der Waals surface area contributed by atoms with E-state index in [0.29, 0.717) is 35.9 Å². The topological polar surface area (TPSA) is 112 Å². The average Bonchev–Trinajstić information content (AvgIpc) is 2.96. The minimum absolute atomic E-state index is 0.120. The second-order valence-corrected chi connectivity index (χ2v) is 13.2. The highest BCUT2D eigenvalue weighted by Gasteiger charge is 2.44. The molecule has 2 aromatic carbocycles. The number of carboxylic acids is 1. The fraction of sp³-hybridized carbons (Fsp3) is 0.457. The van der Waals surface area contributed by atoms with Gasteiger partial charge in [-0.3, -0.25) is 14.4 Å². The number of amides is 1. The number of pyridine rings is 1. The third-order valence-corrected chi connectivity index (χ3v) is 8.90. The Morgan fingerprint density at radius 3 is 2.08 bits per heavy atom. The Balaban J connectivity index is 1.90. The first-order valence-electron chi connectivity index (χ1n) is 16.0. The van der Waals surface area contributed by atoms with Crippen LogP contribution in [0.5, 0.6) is 0 Å². The lowest BCUT2D eigenvalue weighted by Crippen LogP contribution is -2.51. The molecule has 4 rings (SSSR count). The maximum atomic E-state index is 15.9. The third-order valence-electron chi connectivity index (χ3n) is 8.90. The summed E-state index contributed by atoms with van der Waals surface area (Å²) in [7, 11) is 0. The molecule has 0 radical (unpaired) electrons. The molecule has 8 nitrogen and oxygen atoms in total. The number of carbonyl (C=O) groups is 2. The quantitative estimate of drug-likeness (QED) is 0.141. The molecule has 1 aliphatic rings. The predicted octanol–water partition coefficient (Wildman–Crippen LogP) is 6.72. The number of likely N-dealkylation sites (tertiary alicyclic amines) is 1. The van der Waals surface area contributed by atoms with E-state index < -0.39 is 87.8 Å². The normalized spacial score (nSPS) is 15.7. The molecule has 51 heavy (non-hydrogen) atoms. The van der Waals surface area contributed by atoms with Crippen LogP contribution in [0.1, 0.15) is 72.5 Å². The molecule has 0 saturated carbocycles. The van der Waals surface area contributed by atoms with Crippen molar-refractivity contribution in [2.75, 3.05) is 19.6 Å². The number of benzene rings is 2. The maximum absolute atomic E-state index is 15.9. The van der Waals surface area contributed by atoms with Crippen molar-refractivity contribution in [3.05, 3.63) is 91.9 Å². The van der Waals surface area contributed by atoms with Crippen LogP contribution in [-0.4, -0.2) is 51.2 Å². The van der Waals surface area contributed by atoms with E-state index >= 15 is 4.39 Å². The lowest BCUT2D eigenvalue weighted by molar-refractivity contribution is -0.148. The van der Waals surface area contributed by atoms with Crippen molar-refractivity contribution in [1.82, 2.24) is 14.8 Å². The van der Waals surface area contributed by atoms with Crippen molar-refractivity contribution in [2.24, 2.45) is 5.92 Å². The summed E-state index contributed by atoms with van der Waals surface area (Å²) in [5, 5.41) is 23.3. The van der Waals surface area contributed by atoms with E-state index in [2.05, 4.69) is 0 Å². The van der Waals surface area contributed by atoms with E-state index in [4.69, 9.17) is 0 Å². The number of carboxylic acid groups (broad SMARTS) is 1. The van der Waals surface area contributed by atoms with Crippen molar-refractivity contribution in [3.63, 3.8) is 0 Å². The summed E-state index contributed by atoms with van der Waals surface area (Å²) in [5.41, 5.74) is -10.0. The molecular weight excluding hydrogens is 694 g/mol. The SMILES string of the molecule is Cc1ccc(F)c(C)c1-c1cc(C(F)(F)F)c(F)c(C(O)(CC(=O)O)NC(=O)C(CC(C)C)n2cc(CCN3CCC3)c(C(F)(F)F)cc2=O)c1. The molecule has 0 bridgehead atoms. The molecule has 3 aromatic rings. The molecule has 3 N–H and O–H groups in total. The van der Waals surface area contributed by atoms with Gasteiger partial charge < -0.3 is 25.0 Å². The van der Waals surface area contributed by atoms with Crippen LogP contribution in [0, 0.1) is 31.4 Å². The Morgan fingerprint density at radius 1 is 0.941 bits per heavy atom. The number of rotatable bonds is 12. The number of aliphatic hydroxyl groups is 1. The molecule has 2 heterocycles. The van der Waals surface area contributed by atoms with Gasteiger partial charge in [-0.1, -0.05) is 19.9 Å². The number of aromatic nitrogens is 1. The van der Waals surface area contributed by atoms with Crippen LogP contribution < -0.4 is 10.9 Å². The van der Waals surface area contributed by atoms with E-state index in [0.717, 1.165) is 18.7 Å². The van der Waals surface area contributed by atoms with Gasteiger partial charge in [0.1, 0.15) is 17.7 Å².